The predicted molar refractivity (Wildman–Crippen MR) is 90.0 cm³/mol. The van der Waals surface area contributed by atoms with Crippen molar-refractivity contribution in [2.75, 3.05) is 12.4 Å². The number of esters is 1. The molecule has 0 bridgehead atoms. The summed E-state index contributed by atoms with van der Waals surface area (Å²) in [6, 6.07) is 4.43. The number of methoxy groups -OCH3 is 1. The number of thiazole rings is 1. The van der Waals surface area contributed by atoms with Crippen molar-refractivity contribution >= 4 is 50.4 Å². The van der Waals surface area contributed by atoms with E-state index in [1.165, 1.54) is 25.3 Å². The predicted octanol–water partition coefficient (Wildman–Crippen LogP) is 3.79. The first-order chi connectivity index (χ1) is 10.9. The molecule has 0 unspecified atom stereocenters. The van der Waals surface area contributed by atoms with Crippen LogP contribution in [0, 0.1) is 12.7 Å². The number of halogens is 2. The van der Waals surface area contributed by atoms with Gasteiger partial charge in [-0.05, 0) is 31.2 Å². The van der Waals surface area contributed by atoms with E-state index in [0.717, 1.165) is 11.3 Å². The average Bonchev–Trinajstić information content (AvgIpc) is 2.87. The second-order valence-electron chi connectivity index (χ2n) is 4.41. The molecule has 0 radical (unpaired) electrons. The minimum Gasteiger partial charge on any atom is -0.465 e. The first-order valence-corrected chi connectivity index (χ1v) is 8.01. The Balaban J connectivity index is 2.09. The van der Waals surface area contributed by atoms with Crippen molar-refractivity contribution < 1.29 is 18.7 Å². The fourth-order valence-corrected chi connectivity index (χ4v) is 2.95. The fraction of sp³-hybridized carbons (Fsp3) is 0.133. The monoisotopic (exact) mass is 398 g/mol. The molecule has 0 fully saturated rings. The second-order valence-corrected chi connectivity index (χ2v) is 6.33. The van der Waals surface area contributed by atoms with Crippen molar-refractivity contribution in [2.45, 2.75) is 6.92 Å². The van der Waals surface area contributed by atoms with Crippen LogP contribution in [0.25, 0.3) is 6.08 Å². The number of aromatic nitrogens is 1. The lowest BCUT2D eigenvalue weighted by Crippen LogP contribution is -2.07. The van der Waals surface area contributed by atoms with Gasteiger partial charge in [-0.15, -0.1) is 0 Å². The molecule has 0 saturated carbocycles. The van der Waals surface area contributed by atoms with Crippen LogP contribution < -0.4 is 5.32 Å². The van der Waals surface area contributed by atoms with E-state index >= 15 is 0 Å². The van der Waals surface area contributed by atoms with Crippen molar-refractivity contribution in [1.82, 2.24) is 4.98 Å². The van der Waals surface area contributed by atoms with Crippen LogP contribution in [0.1, 0.15) is 20.9 Å². The molecule has 0 aliphatic rings. The van der Waals surface area contributed by atoms with Crippen LogP contribution in [0.5, 0.6) is 0 Å². The van der Waals surface area contributed by atoms with Gasteiger partial charge in [-0.2, -0.15) is 0 Å². The van der Waals surface area contributed by atoms with Crippen LogP contribution in [0.3, 0.4) is 0 Å². The highest BCUT2D eigenvalue weighted by molar-refractivity contribution is 9.10. The number of hydrogen-bond donors (Lipinski definition) is 1. The molecular formula is C15H12BrFN2O3S. The Labute approximate surface area is 144 Å². The summed E-state index contributed by atoms with van der Waals surface area (Å²) in [5.74, 6) is -1.42. The first kappa shape index (κ1) is 17.3. The number of anilines is 1. The molecule has 0 spiro atoms. The van der Waals surface area contributed by atoms with E-state index < -0.39 is 17.7 Å². The van der Waals surface area contributed by atoms with Crippen molar-refractivity contribution in [3.63, 3.8) is 0 Å². The molecule has 0 aliphatic carbocycles. The number of carbonyl (C=O) groups excluding carboxylic acids is 2. The SMILES string of the molecule is COC(=O)c1sc(NC(=O)/C=C/c2cc(Br)ccc2F)nc1C. The van der Waals surface area contributed by atoms with Gasteiger partial charge in [-0.1, -0.05) is 27.3 Å². The van der Waals surface area contributed by atoms with Crippen molar-refractivity contribution in [3.8, 4) is 0 Å². The molecular weight excluding hydrogens is 387 g/mol. The van der Waals surface area contributed by atoms with Gasteiger partial charge in [0.1, 0.15) is 10.7 Å². The topological polar surface area (TPSA) is 68.3 Å². The van der Waals surface area contributed by atoms with Crippen LogP contribution in [-0.2, 0) is 9.53 Å². The zero-order valence-corrected chi connectivity index (χ0v) is 14.6. The van der Waals surface area contributed by atoms with Gasteiger partial charge in [0.05, 0.1) is 12.8 Å². The van der Waals surface area contributed by atoms with Crippen LogP contribution in [0.15, 0.2) is 28.7 Å². The molecule has 0 aliphatic heterocycles. The normalized spacial score (nSPS) is 10.8. The Morgan fingerprint density at radius 2 is 2.17 bits per heavy atom. The van der Waals surface area contributed by atoms with Gasteiger partial charge < -0.3 is 4.74 Å². The Kier molecular flexibility index (Phi) is 5.62. The number of nitrogens with one attached hydrogen (secondary N) is 1. The van der Waals surface area contributed by atoms with E-state index in [-0.39, 0.29) is 10.7 Å². The maximum Gasteiger partial charge on any atom is 0.350 e. The van der Waals surface area contributed by atoms with Crippen LogP contribution in [0.2, 0.25) is 0 Å². The molecule has 0 saturated heterocycles. The van der Waals surface area contributed by atoms with E-state index in [0.29, 0.717) is 15.0 Å². The summed E-state index contributed by atoms with van der Waals surface area (Å²) in [5.41, 5.74) is 0.749. The molecule has 1 N–H and O–H groups in total. The van der Waals surface area contributed by atoms with E-state index in [1.54, 1.807) is 19.1 Å². The van der Waals surface area contributed by atoms with Crippen LogP contribution in [0.4, 0.5) is 9.52 Å². The van der Waals surface area contributed by atoms with Crippen molar-refractivity contribution in [1.29, 1.82) is 0 Å². The highest BCUT2D eigenvalue weighted by Crippen LogP contribution is 2.23. The number of hydrogen-bond acceptors (Lipinski definition) is 5. The molecule has 0 atom stereocenters. The second kappa shape index (κ2) is 7.47. The van der Waals surface area contributed by atoms with Gasteiger partial charge in [-0.3, -0.25) is 10.1 Å². The lowest BCUT2D eigenvalue weighted by Gasteiger charge is -1.98. The summed E-state index contributed by atoms with van der Waals surface area (Å²) in [5, 5.41) is 2.80. The Morgan fingerprint density at radius 3 is 2.87 bits per heavy atom. The Hall–Kier alpha value is -2.06. The number of rotatable bonds is 4. The maximum atomic E-state index is 13.6. The van der Waals surface area contributed by atoms with Gasteiger partial charge >= 0.3 is 5.97 Å². The van der Waals surface area contributed by atoms with Gasteiger partial charge in [0.25, 0.3) is 0 Å². The highest BCUT2D eigenvalue weighted by Gasteiger charge is 2.16. The molecule has 1 aromatic heterocycles. The minimum absolute atomic E-state index is 0.271. The van der Waals surface area contributed by atoms with Crippen LogP contribution >= 0.6 is 27.3 Å². The Bertz CT molecular complexity index is 789. The Morgan fingerprint density at radius 1 is 1.43 bits per heavy atom. The quantitative estimate of drug-likeness (QED) is 0.628. The summed E-state index contributed by atoms with van der Waals surface area (Å²) in [4.78, 5) is 27.7. The van der Waals surface area contributed by atoms with Gasteiger partial charge in [0, 0.05) is 16.1 Å². The zero-order chi connectivity index (χ0) is 17.0. The summed E-state index contributed by atoms with van der Waals surface area (Å²) < 4.78 is 18.9. The third kappa shape index (κ3) is 4.46. The third-order valence-corrected chi connectivity index (χ3v) is 4.32. The van der Waals surface area contributed by atoms with E-state index in [1.807, 2.05) is 0 Å². The van der Waals surface area contributed by atoms with Crippen LogP contribution in [-0.4, -0.2) is 24.0 Å². The first-order valence-electron chi connectivity index (χ1n) is 6.40. The summed E-state index contributed by atoms with van der Waals surface area (Å²) >= 11 is 4.25. The number of ether oxygens (including phenoxy) is 1. The van der Waals surface area contributed by atoms with E-state index in [4.69, 9.17) is 0 Å². The molecule has 1 amide bonds. The maximum absolute atomic E-state index is 13.6. The fourth-order valence-electron chi connectivity index (χ4n) is 1.69. The standard InChI is InChI=1S/C15H12BrFN2O3S/c1-8-13(14(21)22-2)23-15(18-8)19-12(20)6-3-9-7-10(16)4-5-11(9)17/h3-7H,1-2H3,(H,18,19,20)/b6-3+. The minimum atomic E-state index is -0.507. The number of aryl methyl sites for hydroxylation is 1. The molecule has 120 valence electrons. The molecule has 1 aromatic carbocycles. The molecule has 2 aromatic rings. The van der Waals surface area contributed by atoms with Gasteiger partial charge in [0.15, 0.2) is 5.13 Å². The van der Waals surface area contributed by atoms with E-state index in [9.17, 15) is 14.0 Å². The number of nitrogens with zero attached hydrogens (tertiary/aromatic N) is 1. The zero-order valence-electron chi connectivity index (χ0n) is 12.2. The van der Waals surface area contributed by atoms with Gasteiger partial charge in [-0.25, -0.2) is 14.2 Å². The van der Waals surface area contributed by atoms with E-state index in [2.05, 4.69) is 31.0 Å². The van der Waals surface area contributed by atoms with Gasteiger partial charge in [0.2, 0.25) is 5.91 Å². The lowest BCUT2D eigenvalue weighted by atomic mass is 10.2. The number of carbonyl (C=O) groups is 2. The smallest absolute Gasteiger partial charge is 0.350 e. The lowest BCUT2D eigenvalue weighted by molar-refractivity contribution is -0.111. The summed E-state index contributed by atoms with van der Waals surface area (Å²) in [6.07, 6.45) is 2.55. The number of amides is 1. The van der Waals surface area contributed by atoms with Crippen molar-refractivity contribution in [2.24, 2.45) is 0 Å². The average molecular weight is 399 g/mol. The largest absolute Gasteiger partial charge is 0.465 e. The third-order valence-electron chi connectivity index (χ3n) is 2.77. The molecule has 23 heavy (non-hydrogen) atoms. The highest BCUT2D eigenvalue weighted by atomic mass is 79.9. The van der Waals surface area contributed by atoms with Crippen molar-refractivity contribution in [3.05, 3.63) is 50.7 Å². The number of benzene rings is 1. The molecule has 8 heteroatoms. The molecule has 2 rings (SSSR count). The summed E-state index contributed by atoms with van der Waals surface area (Å²) in [6.45, 7) is 1.64. The molecule has 1 heterocycles. The molecule has 5 nitrogen and oxygen atoms in total. The summed E-state index contributed by atoms with van der Waals surface area (Å²) in [7, 11) is 1.27.